The smallest absolute Gasteiger partial charge is 0.283 e. The van der Waals surface area contributed by atoms with Crippen molar-refractivity contribution < 1.29 is 9.31 Å². The largest absolute Gasteiger partial charge is 0.368 e. The summed E-state index contributed by atoms with van der Waals surface area (Å²) in [6.07, 6.45) is 0. The van der Waals surface area contributed by atoms with E-state index in [2.05, 4.69) is 10.1 Å². The number of benzene rings is 1. The Kier molecular flexibility index (Phi) is 2.47. The SMILES string of the molecule is Cn1nc(-c2ccc(F)cc2[N+](=O)[O-])nc1N. The van der Waals surface area contributed by atoms with E-state index in [0.29, 0.717) is 0 Å². The van der Waals surface area contributed by atoms with Gasteiger partial charge < -0.3 is 5.73 Å². The van der Waals surface area contributed by atoms with Crippen LogP contribution in [0.5, 0.6) is 0 Å². The minimum absolute atomic E-state index is 0.0942. The normalized spacial score (nSPS) is 10.5. The molecule has 1 heterocycles. The van der Waals surface area contributed by atoms with Gasteiger partial charge in [0, 0.05) is 7.05 Å². The predicted octanol–water partition coefficient (Wildman–Crippen LogP) is 1.11. The van der Waals surface area contributed by atoms with E-state index in [1.54, 1.807) is 7.05 Å². The average Bonchev–Trinajstić information content (AvgIpc) is 2.59. The number of halogens is 1. The number of rotatable bonds is 2. The molecule has 0 aliphatic heterocycles. The summed E-state index contributed by atoms with van der Waals surface area (Å²) in [6, 6.07) is 3.18. The summed E-state index contributed by atoms with van der Waals surface area (Å²) < 4.78 is 14.2. The molecule has 0 saturated heterocycles. The summed E-state index contributed by atoms with van der Waals surface area (Å²) in [4.78, 5) is 14.0. The van der Waals surface area contributed by atoms with Crippen LogP contribution in [-0.4, -0.2) is 19.7 Å². The van der Waals surface area contributed by atoms with Gasteiger partial charge in [-0.1, -0.05) is 0 Å². The van der Waals surface area contributed by atoms with Crippen LogP contribution in [0.15, 0.2) is 18.2 Å². The van der Waals surface area contributed by atoms with Crippen molar-refractivity contribution in [2.45, 2.75) is 0 Å². The number of nitro benzene ring substituents is 1. The Labute approximate surface area is 94.8 Å². The molecule has 0 aliphatic rings. The third kappa shape index (κ3) is 1.92. The Balaban J connectivity index is 2.62. The summed E-state index contributed by atoms with van der Waals surface area (Å²) in [5.41, 5.74) is 5.21. The molecule has 2 N–H and O–H groups in total. The number of hydrogen-bond donors (Lipinski definition) is 1. The first-order chi connectivity index (χ1) is 7.99. The third-order valence-corrected chi connectivity index (χ3v) is 2.19. The fourth-order valence-corrected chi connectivity index (χ4v) is 1.36. The quantitative estimate of drug-likeness (QED) is 0.622. The van der Waals surface area contributed by atoms with E-state index in [9.17, 15) is 14.5 Å². The molecule has 0 unspecified atom stereocenters. The number of anilines is 1. The fourth-order valence-electron chi connectivity index (χ4n) is 1.36. The average molecular weight is 237 g/mol. The number of nitrogens with zero attached hydrogens (tertiary/aromatic N) is 4. The van der Waals surface area contributed by atoms with Gasteiger partial charge in [0.2, 0.25) is 5.95 Å². The van der Waals surface area contributed by atoms with Gasteiger partial charge in [-0.15, -0.1) is 5.10 Å². The molecule has 0 radical (unpaired) electrons. The maximum absolute atomic E-state index is 12.9. The van der Waals surface area contributed by atoms with Gasteiger partial charge in [-0.2, -0.15) is 4.98 Å². The van der Waals surface area contributed by atoms with Crippen molar-refractivity contribution in [3.63, 3.8) is 0 Å². The van der Waals surface area contributed by atoms with Crippen molar-refractivity contribution in [1.82, 2.24) is 14.8 Å². The molecular weight excluding hydrogens is 229 g/mol. The number of aryl methyl sites for hydroxylation is 1. The molecule has 0 saturated carbocycles. The molecule has 88 valence electrons. The first-order valence-electron chi connectivity index (χ1n) is 4.60. The summed E-state index contributed by atoms with van der Waals surface area (Å²) >= 11 is 0. The zero-order valence-corrected chi connectivity index (χ0v) is 8.79. The zero-order valence-electron chi connectivity index (χ0n) is 8.79. The molecule has 0 atom stereocenters. The molecule has 17 heavy (non-hydrogen) atoms. The Morgan fingerprint density at radius 3 is 2.76 bits per heavy atom. The molecule has 1 aromatic carbocycles. The minimum atomic E-state index is -0.690. The van der Waals surface area contributed by atoms with Crippen LogP contribution >= 0.6 is 0 Å². The first kappa shape index (κ1) is 11.0. The van der Waals surface area contributed by atoms with Crippen LogP contribution in [0.25, 0.3) is 11.4 Å². The Bertz CT molecular complexity index is 576. The summed E-state index contributed by atoms with van der Waals surface area (Å²) in [5.74, 6) is -0.473. The maximum atomic E-state index is 12.9. The maximum Gasteiger partial charge on any atom is 0.283 e. The van der Waals surface area contributed by atoms with Gasteiger partial charge in [0.05, 0.1) is 16.6 Å². The van der Waals surface area contributed by atoms with Crippen molar-refractivity contribution in [2.75, 3.05) is 5.73 Å². The fraction of sp³-hybridized carbons (Fsp3) is 0.111. The zero-order chi connectivity index (χ0) is 12.6. The van der Waals surface area contributed by atoms with E-state index >= 15 is 0 Å². The molecule has 2 aromatic rings. The van der Waals surface area contributed by atoms with E-state index in [4.69, 9.17) is 5.73 Å². The van der Waals surface area contributed by atoms with E-state index in [-0.39, 0.29) is 17.3 Å². The number of nitrogen functional groups attached to an aromatic ring is 1. The van der Waals surface area contributed by atoms with Gasteiger partial charge >= 0.3 is 0 Å². The van der Waals surface area contributed by atoms with E-state index in [1.165, 1.54) is 10.7 Å². The second kappa shape index (κ2) is 3.81. The highest BCUT2D eigenvalue weighted by Crippen LogP contribution is 2.28. The summed E-state index contributed by atoms with van der Waals surface area (Å²) in [5, 5.41) is 14.7. The van der Waals surface area contributed by atoms with Gasteiger partial charge in [-0.05, 0) is 12.1 Å². The van der Waals surface area contributed by atoms with Crippen LogP contribution in [0.2, 0.25) is 0 Å². The molecule has 8 heteroatoms. The standard InChI is InChI=1S/C9H8FN5O2/c1-14-9(11)12-8(13-14)6-3-2-5(10)4-7(6)15(16)17/h2-4H,1H3,(H2,11,12,13). The molecule has 0 spiro atoms. The molecule has 1 aromatic heterocycles. The minimum Gasteiger partial charge on any atom is -0.368 e. The van der Waals surface area contributed by atoms with Crippen LogP contribution in [0.3, 0.4) is 0 Å². The monoisotopic (exact) mass is 237 g/mol. The molecular formula is C9H8FN5O2. The molecule has 0 fully saturated rings. The van der Waals surface area contributed by atoms with Gasteiger partial charge in [-0.25, -0.2) is 9.07 Å². The summed E-state index contributed by atoms with van der Waals surface area (Å²) in [7, 11) is 1.56. The highest BCUT2D eigenvalue weighted by Gasteiger charge is 2.20. The van der Waals surface area contributed by atoms with Crippen LogP contribution in [0, 0.1) is 15.9 Å². The lowest BCUT2D eigenvalue weighted by Gasteiger charge is -1.98. The van der Waals surface area contributed by atoms with E-state index < -0.39 is 16.4 Å². The number of aromatic nitrogens is 3. The number of nitro groups is 1. The van der Waals surface area contributed by atoms with Crippen LogP contribution in [0.1, 0.15) is 0 Å². The highest BCUT2D eigenvalue weighted by molar-refractivity contribution is 5.68. The Hall–Kier alpha value is -2.51. The lowest BCUT2D eigenvalue weighted by atomic mass is 10.1. The topological polar surface area (TPSA) is 99.9 Å². The van der Waals surface area contributed by atoms with Crippen LogP contribution in [-0.2, 0) is 7.05 Å². The number of nitrogens with two attached hydrogens (primary N) is 1. The molecule has 2 rings (SSSR count). The molecule has 7 nitrogen and oxygen atoms in total. The lowest BCUT2D eigenvalue weighted by Crippen LogP contribution is -1.97. The van der Waals surface area contributed by atoms with Crippen molar-refractivity contribution in [1.29, 1.82) is 0 Å². The van der Waals surface area contributed by atoms with E-state index in [1.807, 2.05) is 0 Å². The Morgan fingerprint density at radius 1 is 1.53 bits per heavy atom. The van der Waals surface area contributed by atoms with Crippen LogP contribution < -0.4 is 5.73 Å². The highest BCUT2D eigenvalue weighted by atomic mass is 19.1. The van der Waals surface area contributed by atoms with Crippen LogP contribution in [0.4, 0.5) is 16.0 Å². The molecule has 0 aliphatic carbocycles. The van der Waals surface area contributed by atoms with Gasteiger partial charge in [-0.3, -0.25) is 10.1 Å². The van der Waals surface area contributed by atoms with Crippen molar-refractivity contribution in [2.24, 2.45) is 7.05 Å². The van der Waals surface area contributed by atoms with Gasteiger partial charge in [0.25, 0.3) is 5.69 Å². The molecule has 0 amide bonds. The third-order valence-electron chi connectivity index (χ3n) is 2.19. The second-order valence-electron chi connectivity index (χ2n) is 3.34. The van der Waals surface area contributed by atoms with Crippen molar-refractivity contribution in [3.05, 3.63) is 34.1 Å². The van der Waals surface area contributed by atoms with Gasteiger partial charge in [0.15, 0.2) is 5.82 Å². The Morgan fingerprint density at radius 2 is 2.24 bits per heavy atom. The van der Waals surface area contributed by atoms with E-state index in [0.717, 1.165) is 12.1 Å². The van der Waals surface area contributed by atoms with Crippen molar-refractivity contribution >= 4 is 11.6 Å². The second-order valence-corrected chi connectivity index (χ2v) is 3.34. The lowest BCUT2D eigenvalue weighted by molar-refractivity contribution is -0.384. The first-order valence-corrected chi connectivity index (χ1v) is 4.60. The van der Waals surface area contributed by atoms with Gasteiger partial charge in [0.1, 0.15) is 5.82 Å². The van der Waals surface area contributed by atoms with Crippen molar-refractivity contribution in [3.8, 4) is 11.4 Å². The summed E-state index contributed by atoms with van der Waals surface area (Å²) in [6.45, 7) is 0. The molecule has 0 bridgehead atoms. The number of hydrogen-bond acceptors (Lipinski definition) is 5. The predicted molar refractivity (Wildman–Crippen MR) is 57.5 cm³/mol.